The lowest BCUT2D eigenvalue weighted by molar-refractivity contribution is -0.0309. The first-order valence-corrected chi connectivity index (χ1v) is 15.0. The first kappa shape index (κ1) is 30.2. The number of aliphatic hydroxyl groups is 2. The van der Waals surface area contributed by atoms with Crippen LogP contribution in [0, 0.1) is 0 Å². The SMILES string of the molecule is CC(C)(C)OC(=O)N(CCO)C[C@@](O)(CCCO[Si](C)(C)C(C)(C)C)c1ccc(Cl)c(Cl)c1. The van der Waals surface area contributed by atoms with Gasteiger partial charge in [0.25, 0.3) is 0 Å². The zero-order valence-corrected chi connectivity index (χ0v) is 23.8. The average Bonchev–Trinajstić information content (AvgIpc) is 2.65. The summed E-state index contributed by atoms with van der Waals surface area (Å²) in [6.45, 7) is 16.4. The fourth-order valence-corrected chi connectivity index (χ4v) is 4.39. The summed E-state index contributed by atoms with van der Waals surface area (Å²) in [6.07, 6.45) is 0.294. The molecule has 0 aliphatic rings. The maximum absolute atomic E-state index is 12.8. The molecule has 0 spiro atoms. The van der Waals surface area contributed by atoms with Crippen LogP contribution in [0.15, 0.2) is 18.2 Å². The van der Waals surface area contributed by atoms with Gasteiger partial charge in [0.2, 0.25) is 0 Å². The third-order valence-corrected chi connectivity index (χ3v) is 11.2. The number of amides is 1. The van der Waals surface area contributed by atoms with E-state index < -0.39 is 25.6 Å². The molecule has 6 nitrogen and oxygen atoms in total. The van der Waals surface area contributed by atoms with Crippen molar-refractivity contribution in [2.45, 2.75) is 83.7 Å². The molecule has 0 aliphatic heterocycles. The summed E-state index contributed by atoms with van der Waals surface area (Å²) >= 11 is 12.3. The molecule has 0 saturated heterocycles. The lowest BCUT2D eigenvalue weighted by atomic mass is 9.88. The molecular formula is C24H41Cl2NO5Si. The zero-order chi connectivity index (χ0) is 25.7. The van der Waals surface area contributed by atoms with Crippen LogP contribution >= 0.6 is 23.2 Å². The van der Waals surface area contributed by atoms with Gasteiger partial charge in [-0.1, -0.05) is 50.0 Å². The molecule has 33 heavy (non-hydrogen) atoms. The zero-order valence-electron chi connectivity index (χ0n) is 21.3. The Morgan fingerprint density at radius 3 is 2.18 bits per heavy atom. The predicted molar refractivity (Wildman–Crippen MR) is 138 cm³/mol. The molecule has 9 heteroatoms. The Kier molecular flexibility index (Phi) is 10.7. The highest BCUT2D eigenvalue weighted by Gasteiger charge is 2.38. The monoisotopic (exact) mass is 521 g/mol. The van der Waals surface area contributed by atoms with Crippen LogP contribution in [0.25, 0.3) is 0 Å². The molecule has 0 saturated carbocycles. The molecule has 1 aromatic carbocycles. The number of hydrogen-bond acceptors (Lipinski definition) is 5. The van der Waals surface area contributed by atoms with E-state index in [1.54, 1.807) is 39.0 Å². The van der Waals surface area contributed by atoms with Gasteiger partial charge in [-0.2, -0.15) is 0 Å². The predicted octanol–water partition coefficient (Wildman–Crippen LogP) is 6.21. The van der Waals surface area contributed by atoms with Crippen LogP contribution in [-0.4, -0.2) is 61.4 Å². The Hall–Kier alpha value is -0.833. The number of nitrogens with zero attached hydrogens (tertiary/aromatic N) is 1. The molecule has 0 bridgehead atoms. The molecule has 1 amide bonds. The molecule has 0 aromatic heterocycles. The molecule has 1 atom stereocenters. The van der Waals surface area contributed by atoms with Crippen LogP contribution < -0.4 is 0 Å². The summed E-state index contributed by atoms with van der Waals surface area (Å²) in [5.41, 5.74) is -1.60. The lowest BCUT2D eigenvalue weighted by Gasteiger charge is -2.37. The second kappa shape index (κ2) is 11.7. The highest BCUT2D eigenvalue weighted by molar-refractivity contribution is 6.74. The minimum atomic E-state index is -1.92. The minimum absolute atomic E-state index is 0.0268. The molecule has 0 radical (unpaired) electrons. The van der Waals surface area contributed by atoms with E-state index >= 15 is 0 Å². The van der Waals surface area contributed by atoms with Crippen molar-refractivity contribution in [1.29, 1.82) is 0 Å². The van der Waals surface area contributed by atoms with Gasteiger partial charge >= 0.3 is 6.09 Å². The smallest absolute Gasteiger partial charge is 0.410 e. The van der Waals surface area contributed by atoms with Crippen LogP contribution in [0.4, 0.5) is 4.79 Å². The van der Waals surface area contributed by atoms with E-state index in [9.17, 15) is 15.0 Å². The van der Waals surface area contributed by atoms with Crippen molar-refractivity contribution in [2.75, 3.05) is 26.3 Å². The van der Waals surface area contributed by atoms with Gasteiger partial charge < -0.3 is 24.3 Å². The maximum atomic E-state index is 12.8. The van der Waals surface area contributed by atoms with Crippen LogP contribution in [0.3, 0.4) is 0 Å². The van der Waals surface area contributed by atoms with Gasteiger partial charge in [-0.15, -0.1) is 0 Å². The van der Waals surface area contributed by atoms with Gasteiger partial charge in [-0.3, -0.25) is 0 Å². The summed E-state index contributed by atoms with van der Waals surface area (Å²) in [7, 11) is -1.92. The van der Waals surface area contributed by atoms with Crippen molar-refractivity contribution in [3.63, 3.8) is 0 Å². The number of rotatable bonds is 10. The fraction of sp³-hybridized carbons (Fsp3) is 0.708. The fourth-order valence-electron chi connectivity index (χ4n) is 3.01. The summed E-state index contributed by atoms with van der Waals surface area (Å²) < 4.78 is 11.8. The molecule has 0 fully saturated rings. The van der Waals surface area contributed by atoms with Crippen molar-refractivity contribution in [1.82, 2.24) is 4.90 Å². The Bertz CT molecular complexity index is 792. The normalized spacial score (nSPS) is 14.7. The number of carbonyl (C=O) groups is 1. The minimum Gasteiger partial charge on any atom is -0.444 e. The molecule has 190 valence electrons. The highest BCUT2D eigenvalue weighted by atomic mass is 35.5. The molecule has 0 unspecified atom stereocenters. The number of carbonyl (C=O) groups excluding carboxylic acids is 1. The Balaban J connectivity index is 3.13. The average molecular weight is 523 g/mol. The third-order valence-electron chi connectivity index (χ3n) is 5.93. The maximum Gasteiger partial charge on any atom is 0.410 e. The van der Waals surface area contributed by atoms with Gasteiger partial charge in [-0.25, -0.2) is 4.79 Å². The number of aliphatic hydroxyl groups excluding tert-OH is 1. The molecule has 0 aliphatic carbocycles. The number of ether oxygens (including phenoxy) is 1. The van der Waals surface area contributed by atoms with Crippen molar-refractivity contribution < 1.29 is 24.2 Å². The summed E-state index contributed by atoms with van der Waals surface area (Å²) in [5, 5.41) is 22.1. The van der Waals surface area contributed by atoms with E-state index in [4.69, 9.17) is 32.4 Å². The van der Waals surface area contributed by atoms with E-state index in [0.29, 0.717) is 35.1 Å². The Labute approximate surface area is 210 Å². The van der Waals surface area contributed by atoms with E-state index in [-0.39, 0.29) is 24.7 Å². The van der Waals surface area contributed by atoms with Crippen molar-refractivity contribution >= 4 is 37.6 Å². The lowest BCUT2D eigenvalue weighted by Crippen LogP contribution is -2.47. The second-order valence-corrected chi connectivity index (χ2v) is 16.6. The topological polar surface area (TPSA) is 79.2 Å². The van der Waals surface area contributed by atoms with Crippen molar-refractivity contribution in [2.24, 2.45) is 0 Å². The summed E-state index contributed by atoms with van der Waals surface area (Å²) in [4.78, 5) is 14.1. The molecular weight excluding hydrogens is 481 g/mol. The van der Waals surface area contributed by atoms with E-state index in [0.717, 1.165) is 0 Å². The van der Waals surface area contributed by atoms with Crippen molar-refractivity contribution in [3.8, 4) is 0 Å². The van der Waals surface area contributed by atoms with Crippen LogP contribution in [-0.2, 0) is 14.8 Å². The standard InChI is InChI=1S/C24H41Cl2NO5Si/c1-22(2,3)32-21(29)27(13-14-28)17-24(30,18-10-11-19(25)20(26)16-18)12-9-15-31-33(7,8)23(4,5)6/h10-11,16,28,30H,9,12-15,17H2,1-8H3/t24-/m0/s1. The third kappa shape index (κ3) is 9.38. The van der Waals surface area contributed by atoms with E-state index in [2.05, 4.69) is 33.9 Å². The largest absolute Gasteiger partial charge is 0.444 e. The van der Waals surface area contributed by atoms with Crippen LogP contribution in [0.2, 0.25) is 28.2 Å². The Morgan fingerprint density at radius 1 is 1.09 bits per heavy atom. The first-order valence-electron chi connectivity index (χ1n) is 11.3. The van der Waals surface area contributed by atoms with E-state index in [1.165, 1.54) is 4.90 Å². The first-order chi connectivity index (χ1) is 14.9. The van der Waals surface area contributed by atoms with Crippen molar-refractivity contribution in [3.05, 3.63) is 33.8 Å². The summed E-state index contributed by atoms with van der Waals surface area (Å²) in [6, 6.07) is 4.94. The van der Waals surface area contributed by atoms with Gasteiger partial charge in [0.1, 0.15) is 11.2 Å². The highest BCUT2D eigenvalue weighted by Crippen LogP contribution is 2.37. The number of halogens is 2. The number of benzene rings is 1. The molecule has 1 aromatic rings. The van der Waals surface area contributed by atoms with Crippen LogP contribution in [0.1, 0.15) is 59.9 Å². The molecule has 0 heterocycles. The summed E-state index contributed by atoms with van der Waals surface area (Å²) in [5.74, 6) is 0. The van der Waals surface area contributed by atoms with Gasteiger partial charge in [0, 0.05) is 13.2 Å². The quantitative estimate of drug-likeness (QED) is 0.282. The Morgan fingerprint density at radius 2 is 1.70 bits per heavy atom. The van der Waals surface area contributed by atoms with Gasteiger partial charge in [0.15, 0.2) is 8.32 Å². The second-order valence-electron chi connectivity index (χ2n) is 11.0. The van der Waals surface area contributed by atoms with E-state index in [1.807, 2.05) is 0 Å². The van der Waals surface area contributed by atoms with Crippen LogP contribution in [0.5, 0.6) is 0 Å². The number of hydrogen-bond donors (Lipinski definition) is 2. The van der Waals surface area contributed by atoms with Gasteiger partial charge in [0.05, 0.1) is 23.2 Å². The molecule has 1 rings (SSSR count). The van der Waals surface area contributed by atoms with Gasteiger partial charge in [-0.05, 0) is 69.4 Å². The molecule has 2 N–H and O–H groups in total.